The summed E-state index contributed by atoms with van der Waals surface area (Å²) in [6, 6.07) is 5.95. The molecule has 3 rings (SSSR count). The monoisotopic (exact) mass is 363 g/mol. The van der Waals surface area contributed by atoms with Crippen LogP contribution in [0.2, 0.25) is 0 Å². The molecule has 0 atom stereocenters. The van der Waals surface area contributed by atoms with Crippen LogP contribution in [0.3, 0.4) is 0 Å². The zero-order valence-electron chi connectivity index (χ0n) is 13.9. The lowest BCUT2D eigenvalue weighted by atomic mass is 10.3. The molecule has 0 spiro atoms. The van der Waals surface area contributed by atoms with Gasteiger partial charge in [-0.15, -0.1) is 0 Å². The van der Waals surface area contributed by atoms with Gasteiger partial charge in [0, 0.05) is 27.3 Å². The van der Waals surface area contributed by atoms with Gasteiger partial charge in [-0.1, -0.05) is 0 Å². The highest BCUT2D eigenvalue weighted by Crippen LogP contribution is 2.18. The molecular formula is C15H17N5O4S. The maximum atomic E-state index is 12.5. The van der Waals surface area contributed by atoms with Crippen LogP contribution < -0.4 is 15.4 Å². The second-order valence-electron chi connectivity index (χ2n) is 5.61. The summed E-state index contributed by atoms with van der Waals surface area (Å²) in [6.07, 6.45) is 1.57. The van der Waals surface area contributed by atoms with Crippen molar-refractivity contribution in [3.63, 3.8) is 0 Å². The van der Waals surface area contributed by atoms with Crippen LogP contribution in [0.4, 0.5) is 5.82 Å². The minimum Gasteiger partial charge on any atom is -0.408 e. The van der Waals surface area contributed by atoms with Crippen molar-refractivity contribution in [2.75, 3.05) is 19.0 Å². The summed E-state index contributed by atoms with van der Waals surface area (Å²) in [5.74, 6) is 0.483. The molecule has 10 heteroatoms. The van der Waals surface area contributed by atoms with Crippen LogP contribution in [0, 0.1) is 0 Å². The topological polar surface area (TPSA) is 110 Å². The van der Waals surface area contributed by atoms with E-state index in [0.29, 0.717) is 22.7 Å². The highest BCUT2D eigenvalue weighted by molar-refractivity contribution is 7.89. The molecule has 0 amide bonds. The first-order chi connectivity index (χ1) is 11.8. The molecule has 2 heterocycles. The van der Waals surface area contributed by atoms with Crippen LogP contribution in [0.15, 0.2) is 44.6 Å². The van der Waals surface area contributed by atoms with Crippen molar-refractivity contribution in [1.29, 1.82) is 0 Å². The lowest BCUT2D eigenvalue weighted by Gasteiger charge is -2.12. The molecule has 0 aliphatic carbocycles. The molecule has 132 valence electrons. The molecule has 0 fully saturated rings. The Balaban J connectivity index is 1.86. The Morgan fingerprint density at radius 2 is 2.04 bits per heavy atom. The molecule has 0 unspecified atom stereocenters. The largest absolute Gasteiger partial charge is 0.419 e. The Hall–Kier alpha value is -2.72. The van der Waals surface area contributed by atoms with Gasteiger partial charge in [0.1, 0.15) is 11.6 Å². The smallest absolute Gasteiger partial charge is 0.408 e. The van der Waals surface area contributed by atoms with Crippen molar-refractivity contribution in [2.45, 2.75) is 11.4 Å². The van der Waals surface area contributed by atoms with E-state index in [-0.39, 0.29) is 11.4 Å². The first kappa shape index (κ1) is 17.1. The normalized spacial score (nSPS) is 11.8. The Bertz CT molecular complexity index is 1080. The molecule has 25 heavy (non-hydrogen) atoms. The number of nitrogens with zero attached hydrogens (tertiary/aromatic N) is 4. The number of anilines is 1. The summed E-state index contributed by atoms with van der Waals surface area (Å²) in [7, 11) is 1.39. The van der Waals surface area contributed by atoms with Crippen molar-refractivity contribution in [3.8, 4) is 0 Å². The van der Waals surface area contributed by atoms with Crippen LogP contribution in [-0.4, -0.2) is 37.0 Å². The first-order valence-electron chi connectivity index (χ1n) is 7.36. The summed E-state index contributed by atoms with van der Waals surface area (Å²) >= 11 is 0. The Kier molecular flexibility index (Phi) is 4.31. The molecule has 0 saturated carbocycles. The molecular weight excluding hydrogens is 346 g/mol. The molecule has 9 nitrogen and oxygen atoms in total. The fourth-order valence-corrected chi connectivity index (χ4v) is 3.24. The van der Waals surface area contributed by atoms with Gasteiger partial charge in [-0.25, -0.2) is 27.9 Å². The third-order valence-electron chi connectivity index (χ3n) is 3.64. The van der Waals surface area contributed by atoms with Gasteiger partial charge >= 0.3 is 5.76 Å². The van der Waals surface area contributed by atoms with Crippen LogP contribution in [0.25, 0.3) is 11.1 Å². The lowest BCUT2D eigenvalue weighted by molar-refractivity contribution is 0.528. The van der Waals surface area contributed by atoms with Crippen LogP contribution in [0.1, 0.15) is 5.82 Å². The number of rotatable bonds is 5. The van der Waals surface area contributed by atoms with E-state index in [0.717, 1.165) is 0 Å². The predicted molar refractivity (Wildman–Crippen MR) is 91.8 cm³/mol. The van der Waals surface area contributed by atoms with Crippen molar-refractivity contribution in [2.24, 2.45) is 7.05 Å². The van der Waals surface area contributed by atoms with Crippen molar-refractivity contribution < 1.29 is 12.8 Å². The quantitative estimate of drug-likeness (QED) is 0.701. The molecule has 0 bridgehead atoms. The molecule has 2 aromatic heterocycles. The molecule has 3 aromatic rings. The third-order valence-corrected chi connectivity index (χ3v) is 5.04. The summed E-state index contributed by atoms with van der Waals surface area (Å²) in [6.45, 7) is -0.0492. The molecule has 0 aliphatic heterocycles. The van der Waals surface area contributed by atoms with Gasteiger partial charge in [0.25, 0.3) is 0 Å². The number of fused-ring (bicyclic) bond motifs is 1. The zero-order valence-corrected chi connectivity index (χ0v) is 14.7. The number of sulfonamides is 1. The maximum Gasteiger partial charge on any atom is 0.419 e. The fourth-order valence-electron chi connectivity index (χ4n) is 2.24. The molecule has 0 saturated heterocycles. The SMILES string of the molecule is CN(C)c1ccnc(CNS(=O)(=O)c2ccc3oc(=O)n(C)c3c2)n1. The minimum atomic E-state index is -3.79. The Morgan fingerprint density at radius 3 is 2.76 bits per heavy atom. The first-order valence-corrected chi connectivity index (χ1v) is 8.85. The molecule has 0 radical (unpaired) electrons. The van der Waals surface area contributed by atoms with Gasteiger partial charge in [-0.2, -0.15) is 0 Å². The fraction of sp³-hybridized carbons (Fsp3) is 0.267. The summed E-state index contributed by atoms with van der Waals surface area (Å²) in [5.41, 5.74) is 0.729. The minimum absolute atomic E-state index is 0.0279. The van der Waals surface area contributed by atoms with Gasteiger partial charge < -0.3 is 9.32 Å². The third kappa shape index (κ3) is 3.39. The number of aryl methyl sites for hydroxylation is 1. The van der Waals surface area contributed by atoms with Gasteiger partial charge in [0.15, 0.2) is 5.58 Å². The van der Waals surface area contributed by atoms with Crippen LogP contribution in [-0.2, 0) is 23.6 Å². The molecule has 1 N–H and O–H groups in total. The summed E-state index contributed by atoms with van der Waals surface area (Å²) < 4.78 is 33.7. The van der Waals surface area contributed by atoms with Crippen molar-refractivity contribution >= 4 is 26.9 Å². The van der Waals surface area contributed by atoms with E-state index < -0.39 is 15.8 Å². The molecule has 1 aromatic carbocycles. The van der Waals surface area contributed by atoms with E-state index in [4.69, 9.17) is 4.42 Å². The number of aromatic nitrogens is 3. The van der Waals surface area contributed by atoms with E-state index in [1.54, 1.807) is 17.2 Å². The standard InChI is InChI=1S/C15H17N5O4S/c1-19(2)14-6-7-16-13(18-14)9-17-25(22,23)10-4-5-12-11(8-10)20(3)15(21)24-12/h4-8,17H,9H2,1-3H3. The van der Waals surface area contributed by atoms with E-state index in [9.17, 15) is 13.2 Å². The average Bonchev–Trinajstić information content (AvgIpc) is 2.87. The lowest BCUT2D eigenvalue weighted by Crippen LogP contribution is -2.25. The zero-order chi connectivity index (χ0) is 18.2. The maximum absolute atomic E-state index is 12.5. The number of benzene rings is 1. The Labute approximate surface area is 144 Å². The van der Waals surface area contributed by atoms with Crippen LogP contribution >= 0.6 is 0 Å². The van der Waals surface area contributed by atoms with Gasteiger partial charge in [0.05, 0.1) is 17.0 Å². The predicted octanol–water partition coefficient (Wildman–Crippen LogP) is 0.466. The van der Waals surface area contributed by atoms with Crippen molar-refractivity contribution in [1.82, 2.24) is 19.3 Å². The van der Waals surface area contributed by atoms with Crippen LogP contribution in [0.5, 0.6) is 0 Å². The number of hydrogen-bond acceptors (Lipinski definition) is 7. The van der Waals surface area contributed by atoms with Gasteiger partial charge in [0.2, 0.25) is 10.0 Å². The van der Waals surface area contributed by atoms with E-state index in [1.165, 1.54) is 29.8 Å². The van der Waals surface area contributed by atoms with Gasteiger partial charge in [-0.05, 0) is 24.3 Å². The second-order valence-corrected chi connectivity index (χ2v) is 7.37. The number of hydrogen-bond donors (Lipinski definition) is 1. The second kappa shape index (κ2) is 6.30. The van der Waals surface area contributed by atoms with E-state index in [1.807, 2.05) is 14.1 Å². The van der Waals surface area contributed by atoms with Gasteiger partial charge in [-0.3, -0.25) is 4.57 Å². The molecule has 0 aliphatic rings. The van der Waals surface area contributed by atoms with E-state index >= 15 is 0 Å². The highest BCUT2D eigenvalue weighted by atomic mass is 32.2. The van der Waals surface area contributed by atoms with E-state index in [2.05, 4.69) is 14.7 Å². The summed E-state index contributed by atoms with van der Waals surface area (Å²) in [4.78, 5) is 21.7. The number of oxazole rings is 1. The highest BCUT2D eigenvalue weighted by Gasteiger charge is 2.17. The van der Waals surface area contributed by atoms with Crippen molar-refractivity contribution in [3.05, 3.63) is 46.8 Å². The summed E-state index contributed by atoms with van der Waals surface area (Å²) in [5, 5.41) is 0. The average molecular weight is 363 g/mol. The number of nitrogens with one attached hydrogen (secondary N) is 1. The Morgan fingerprint density at radius 1 is 1.28 bits per heavy atom.